The van der Waals surface area contributed by atoms with Gasteiger partial charge in [0.05, 0.1) is 5.56 Å². The van der Waals surface area contributed by atoms with Crippen LogP contribution in [0.5, 0.6) is 0 Å². The number of primary amides is 1. The second kappa shape index (κ2) is 5.40. The van der Waals surface area contributed by atoms with Crippen molar-refractivity contribution >= 4 is 23.2 Å². The van der Waals surface area contributed by atoms with Gasteiger partial charge in [-0.15, -0.1) is 0 Å². The molecule has 5 nitrogen and oxygen atoms in total. The molecule has 2 rings (SSSR count). The number of carbonyl (C=O) groups is 2. The molecular weight excluding hydrogens is 261 g/mol. The molecule has 2 amide bonds. The van der Waals surface area contributed by atoms with Crippen molar-refractivity contribution in [2.24, 2.45) is 5.73 Å². The van der Waals surface area contributed by atoms with E-state index in [2.05, 4.69) is 5.32 Å². The predicted octanol–water partition coefficient (Wildman–Crippen LogP) is 1.76. The van der Waals surface area contributed by atoms with Crippen molar-refractivity contribution < 1.29 is 14.0 Å². The average Bonchev–Trinajstić information content (AvgIpc) is 2.40. The fourth-order valence-corrected chi connectivity index (χ4v) is 1.68. The second-order valence-corrected chi connectivity index (χ2v) is 4.14. The molecule has 2 aromatic rings. The molecule has 0 aliphatic heterocycles. The number of hydrogen-bond acceptors (Lipinski definition) is 3. The van der Waals surface area contributed by atoms with Gasteiger partial charge >= 0.3 is 0 Å². The van der Waals surface area contributed by atoms with Crippen LogP contribution in [0.2, 0.25) is 0 Å². The van der Waals surface area contributed by atoms with E-state index in [1.165, 1.54) is 18.2 Å². The molecule has 0 saturated carbocycles. The third-order valence-electron chi connectivity index (χ3n) is 2.64. The van der Waals surface area contributed by atoms with Crippen LogP contribution >= 0.6 is 0 Å². The van der Waals surface area contributed by atoms with Crippen LogP contribution < -0.4 is 16.8 Å². The first-order chi connectivity index (χ1) is 9.47. The van der Waals surface area contributed by atoms with Crippen LogP contribution in [0.1, 0.15) is 20.7 Å². The lowest BCUT2D eigenvalue weighted by Crippen LogP contribution is -2.16. The summed E-state index contributed by atoms with van der Waals surface area (Å²) in [7, 11) is 0. The molecule has 0 aromatic heterocycles. The van der Waals surface area contributed by atoms with Gasteiger partial charge in [0.1, 0.15) is 5.82 Å². The number of halogens is 1. The Labute approximate surface area is 114 Å². The summed E-state index contributed by atoms with van der Waals surface area (Å²) in [6.07, 6.45) is 0. The van der Waals surface area contributed by atoms with Crippen LogP contribution in [-0.2, 0) is 0 Å². The van der Waals surface area contributed by atoms with Gasteiger partial charge in [0.2, 0.25) is 0 Å². The number of hydrogen-bond donors (Lipinski definition) is 3. The lowest BCUT2D eigenvalue weighted by molar-refractivity contribution is 0.0992. The van der Waals surface area contributed by atoms with Crippen molar-refractivity contribution in [1.29, 1.82) is 0 Å². The lowest BCUT2D eigenvalue weighted by atomic mass is 10.1. The van der Waals surface area contributed by atoms with Gasteiger partial charge in [-0.25, -0.2) is 4.39 Å². The zero-order chi connectivity index (χ0) is 14.7. The molecule has 0 heterocycles. The van der Waals surface area contributed by atoms with E-state index in [0.717, 1.165) is 6.07 Å². The van der Waals surface area contributed by atoms with Crippen LogP contribution in [0.25, 0.3) is 0 Å². The summed E-state index contributed by atoms with van der Waals surface area (Å²) in [6, 6.07) is 9.98. The highest BCUT2D eigenvalue weighted by atomic mass is 19.1. The first kappa shape index (κ1) is 13.5. The summed E-state index contributed by atoms with van der Waals surface area (Å²) >= 11 is 0. The second-order valence-electron chi connectivity index (χ2n) is 4.14. The molecule has 102 valence electrons. The van der Waals surface area contributed by atoms with Crippen LogP contribution in [0, 0.1) is 5.82 Å². The lowest BCUT2D eigenvalue weighted by Gasteiger charge is -2.07. The van der Waals surface area contributed by atoms with E-state index in [-0.39, 0.29) is 11.3 Å². The number of anilines is 2. The smallest absolute Gasteiger partial charge is 0.255 e. The van der Waals surface area contributed by atoms with Gasteiger partial charge in [0.25, 0.3) is 11.8 Å². The van der Waals surface area contributed by atoms with Crippen molar-refractivity contribution in [2.75, 3.05) is 11.1 Å². The molecule has 0 fully saturated rings. The molecule has 0 bridgehead atoms. The number of amides is 2. The predicted molar refractivity (Wildman–Crippen MR) is 73.7 cm³/mol. The molecule has 0 atom stereocenters. The van der Waals surface area contributed by atoms with Crippen molar-refractivity contribution in [3.8, 4) is 0 Å². The highest BCUT2D eigenvalue weighted by molar-refractivity contribution is 6.05. The third kappa shape index (κ3) is 2.92. The molecule has 0 aliphatic carbocycles. The molecule has 0 radical (unpaired) electrons. The van der Waals surface area contributed by atoms with Crippen LogP contribution in [0.15, 0.2) is 42.5 Å². The number of carbonyl (C=O) groups excluding carboxylic acids is 2. The Balaban J connectivity index is 2.24. The quantitative estimate of drug-likeness (QED) is 0.743. The number of benzene rings is 2. The van der Waals surface area contributed by atoms with E-state index in [9.17, 15) is 14.0 Å². The highest BCUT2D eigenvalue weighted by Gasteiger charge is 2.11. The zero-order valence-electron chi connectivity index (χ0n) is 10.4. The van der Waals surface area contributed by atoms with Gasteiger partial charge in [-0.05, 0) is 36.4 Å². The van der Waals surface area contributed by atoms with Crippen LogP contribution in [0.4, 0.5) is 15.8 Å². The fraction of sp³-hybridized carbons (Fsp3) is 0. The largest absolute Gasteiger partial charge is 0.399 e. The highest BCUT2D eigenvalue weighted by Crippen LogP contribution is 2.16. The van der Waals surface area contributed by atoms with Gasteiger partial charge < -0.3 is 16.8 Å². The minimum absolute atomic E-state index is 0.271. The Hall–Kier alpha value is -2.89. The molecule has 2 aromatic carbocycles. The average molecular weight is 273 g/mol. The monoisotopic (exact) mass is 273 g/mol. The first-order valence-electron chi connectivity index (χ1n) is 5.73. The fourth-order valence-electron chi connectivity index (χ4n) is 1.68. The van der Waals surface area contributed by atoms with E-state index in [1.54, 1.807) is 18.2 Å². The molecule has 6 heteroatoms. The summed E-state index contributed by atoms with van der Waals surface area (Å²) in [5.74, 6) is -2.05. The summed E-state index contributed by atoms with van der Waals surface area (Å²) in [6.45, 7) is 0. The maximum absolute atomic E-state index is 13.3. The van der Waals surface area contributed by atoms with Crippen molar-refractivity contribution in [1.82, 2.24) is 0 Å². The summed E-state index contributed by atoms with van der Waals surface area (Å²) in [5, 5.41) is 2.54. The SMILES string of the molecule is NC(=O)c1cc(NC(=O)c2cccc(N)c2)ccc1F. The molecule has 0 spiro atoms. The molecule has 5 N–H and O–H groups in total. The van der Waals surface area contributed by atoms with Crippen LogP contribution in [-0.4, -0.2) is 11.8 Å². The molecule has 0 aliphatic rings. The van der Waals surface area contributed by atoms with Crippen molar-refractivity contribution in [3.63, 3.8) is 0 Å². The Morgan fingerprint density at radius 1 is 1.10 bits per heavy atom. The van der Waals surface area contributed by atoms with Gasteiger partial charge in [-0.2, -0.15) is 0 Å². The first-order valence-corrected chi connectivity index (χ1v) is 5.73. The minimum Gasteiger partial charge on any atom is -0.399 e. The summed E-state index contributed by atoms with van der Waals surface area (Å²) < 4.78 is 13.3. The normalized spacial score (nSPS) is 10.1. The van der Waals surface area contributed by atoms with Crippen LogP contribution in [0.3, 0.4) is 0 Å². The summed E-state index contributed by atoms with van der Waals surface area (Å²) in [4.78, 5) is 23.0. The van der Waals surface area contributed by atoms with Crippen molar-refractivity contribution in [3.05, 3.63) is 59.4 Å². The number of nitrogens with two attached hydrogens (primary N) is 2. The van der Waals surface area contributed by atoms with E-state index in [1.807, 2.05) is 0 Å². The molecule has 20 heavy (non-hydrogen) atoms. The third-order valence-corrected chi connectivity index (χ3v) is 2.64. The number of rotatable bonds is 3. The summed E-state index contributed by atoms with van der Waals surface area (Å²) in [5.41, 5.74) is 11.4. The Morgan fingerprint density at radius 3 is 2.50 bits per heavy atom. The maximum Gasteiger partial charge on any atom is 0.255 e. The van der Waals surface area contributed by atoms with Crippen molar-refractivity contribution in [2.45, 2.75) is 0 Å². The number of nitrogen functional groups attached to an aromatic ring is 1. The minimum atomic E-state index is -0.900. The van der Waals surface area contributed by atoms with E-state index in [4.69, 9.17) is 11.5 Å². The Kier molecular flexibility index (Phi) is 3.65. The Morgan fingerprint density at radius 2 is 1.85 bits per heavy atom. The van der Waals surface area contributed by atoms with Gasteiger partial charge in [-0.1, -0.05) is 6.07 Å². The Bertz CT molecular complexity index is 686. The molecular formula is C14H12FN3O2. The van der Waals surface area contributed by atoms with E-state index >= 15 is 0 Å². The molecule has 0 unspecified atom stereocenters. The topological polar surface area (TPSA) is 98.2 Å². The number of nitrogens with one attached hydrogen (secondary N) is 1. The maximum atomic E-state index is 13.3. The molecule has 0 saturated heterocycles. The van der Waals surface area contributed by atoms with E-state index < -0.39 is 17.6 Å². The van der Waals surface area contributed by atoms with Gasteiger partial charge in [0, 0.05) is 16.9 Å². The van der Waals surface area contributed by atoms with Gasteiger partial charge in [0.15, 0.2) is 0 Å². The standard InChI is InChI=1S/C14H12FN3O2/c15-12-5-4-10(7-11(12)13(17)19)18-14(20)8-2-1-3-9(16)6-8/h1-7H,16H2,(H2,17,19)(H,18,20). The van der Waals surface area contributed by atoms with Gasteiger partial charge in [-0.3, -0.25) is 9.59 Å². The van der Waals surface area contributed by atoms with E-state index in [0.29, 0.717) is 11.3 Å². The zero-order valence-corrected chi connectivity index (χ0v) is 10.4.